The third kappa shape index (κ3) is 2.02. The molecule has 0 radical (unpaired) electrons. The van der Waals surface area contributed by atoms with Crippen LogP contribution < -0.4 is 0 Å². The van der Waals surface area contributed by atoms with Crippen LogP contribution in [0.4, 0.5) is 0 Å². The Morgan fingerprint density at radius 2 is 1.69 bits per heavy atom. The Morgan fingerprint density at radius 1 is 1.06 bits per heavy atom. The molecule has 2 rings (SSSR count). The summed E-state index contributed by atoms with van der Waals surface area (Å²) in [7, 11) is 2.29. The summed E-state index contributed by atoms with van der Waals surface area (Å²) in [5.74, 6) is 0. The number of nitrogens with zero attached hydrogens (tertiary/aromatic N) is 2. The molecule has 94 valence electrons. The van der Waals surface area contributed by atoms with Crippen molar-refractivity contribution < 1.29 is 0 Å². The number of rotatable bonds is 5. The fourth-order valence-electron chi connectivity index (χ4n) is 4.02. The molecule has 0 saturated carbocycles. The molecule has 2 atom stereocenters. The van der Waals surface area contributed by atoms with E-state index in [2.05, 4.69) is 37.6 Å². The number of hydrogen-bond acceptors (Lipinski definition) is 2. The summed E-state index contributed by atoms with van der Waals surface area (Å²) in [6, 6.07) is 1.69. The third-order valence-corrected chi connectivity index (χ3v) is 4.79. The fraction of sp³-hybridized carbons (Fsp3) is 1.00. The second-order valence-electron chi connectivity index (χ2n) is 6.13. The Balaban J connectivity index is 2.05. The van der Waals surface area contributed by atoms with Gasteiger partial charge in [-0.2, -0.15) is 0 Å². The zero-order valence-electron chi connectivity index (χ0n) is 11.5. The van der Waals surface area contributed by atoms with Gasteiger partial charge < -0.3 is 4.90 Å². The van der Waals surface area contributed by atoms with Gasteiger partial charge in [-0.25, -0.2) is 0 Å². The minimum atomic E-state index is 0.476. The smallest absolute Gasteiger partial charge is 0.0244 e. The average molecular weight is 224 g/mol. The van der Waals surface area contributed by atoms with Gasteiger partial charge in [0.1, 0.15) is 0 Å². The normalized spacial score (nSPS) is 31.5. The van der Waals surface area contributed by atoms with E-state index in [0.717, 1.165) is 12.1 Å². The maximum absolute atomic E-state index is 2.84. The van der Waals surface area contributed by atoms with Crippen LogP contribution in [0.2, 0.25) is 0 Å². The van der Waals surface area contributed by atoms with Crippen molar-refractivity contribution in [1.29, 1.82) is 0 Å². The number of piperazine rings is 1. The molecule has 2 heterocycles. The van der Waals surface area contributed by atoms with Crippen LogP contribution in [0.25, 0.3) is 0 Å². The van der Waals surface area contributed by atoms with E-state index in [1.54, 1.807) is 0 Å². The van der Waals surface area contributed by atoms with Crippen LogP contribution in [0, 0.1) is 0 Å². The summed E-state index contributed by atoms with van der Waals surface area (Å²) in [6.07, 6.45) is 6.79. The van der Waals surface area contributed by atoms with Crippen LogP contribution in [0.1, 0.15) is 52.9 Å². The van der Waals surface area contributed by atoms with Gasteiger partial charge in [-0.3, -0.25) is 4.90 Å². The molecule has 2 nitrogen and oxygen atoms in total. The maximum Gasteiger partial charge on any atom is 0.0244 e. The van der Waals surface area contributed by atoms with Gasteiger partial charge in [0.05, 0.1) is 0 Å². The van der Waals surface area contributed by atoms with Gasteiger partial charge in [0.2, 0.25) is 0 Å². The highest BCUT2D eigenvalue weighted by atomic mass is 15.4. The van der Waals surface area contributed by atoms with E-state index in [1.165, 1.54) is 45.2 Å². The number of likely N-dealkylation sites (N-methyl/N-ethyl adjacent to an activating group) is 1. The minimum absolute atomic E-state index is 0.476. The second kappa shape index (κ2) is 4.66. The van der Waals surface area contributed by atoms with Crippen molar-refractivity contribution in [2.24, 2.45) is 0 Å². The molecule has 0 aromatic rings. The van der Waals surface area contributed by atoms with Crippen molar-refractivity contribution in [3.8, 4) is 0 Å². The molecule has 0 unspecified atom stereocenters. The molecule has 2 heteroatoms. The Hall–Kier alpha value is -0.0800. The average Bonchev–Trinajstić information content (AvgIpc) is 2.76. The van der Waals surface area contributed by atoms with Gasteiger partial charge >= 0.3 is 0 Å². The van der Waals surface area contributed by atoms with Crippen LogP contribution in [-0.4, -0.2) is 47.6 Å². The lowest BCUT2D eigenvalue weighted by atomic mass is 9.88. The maximum atomic E-state index is 2.84. The summed E-state index contributed by atoms with van der Waals surface area (Å²) >= 11 is 0. The van der Waals surface area contributed by atoms with Crippen LogP contribution in [0.15, 0.2) is 0 Å². The van der Waals surface area contributed by atoms with Crippen molar-refractivity contribution >= 4 is 0 Å². The molecule has 0 N–H and O–H groups in total. The largest absolute Gasteiger partial charge is 0.301 e. The number of likely N-dealkylation sites (tertiary alicyclic amines) is 2. The SMILES string of the molecule is CCCC(C)(CCC)N1C[C@@H]2C[C@H]1CN2C. The zero-order valence-corrected chi connectivity index (χ0v) is 11.5. The lowest BCUT2D eigenvalue weighted by Crippen LogP contribution is -2.55. The molecular formula is C14H28N2. The van der Waals surface area contributed by atoms with E-state index in [9.17, 15) is 0 Å². The van der Waals surface area contributed by atoms with Crippen molar-refractivity contribution in [3.05, 3.63) is 0 Å². The molecule has 2 fully saturated rings. The Kier molecular flexibility index (Phi) is 3.60. The van der Waals surface area contributed by atoms with Gasteiger partial charge in [0, 0.05) is 30.7 Å². The molecule has 0 amide bonds. The Bertz CT molecular complexity index is 231. The predicted octanol–water partition coefficient (Wildman–Crippen LogP) is 2.73. The molecule has 2 aliphatic heterocycles. The van der Waals surface area contributed by atoms with Crippen LogP contribution in [-0.2, 0) is 0 Å². The Labute approximate surface area is 101 Å². The van der Waals surface area contributed by atoms with E-state index >= 15 is 0 Å². The highest BCUT2D eigenvalue weighted by Gasteiger charge is 2.47. The Morgan fingerprint density at radius 3 is 2.06 bits per heavy atom. The number of hydrogen-bond donors (Lipinski definition) is 0. The fourth-order valence-corrected chi connectivity index (χ4v) is 4.02. The van der Waals surface area contributed by atoms with Crippen molar-refractivity contribution in [2.75, 3.05) is 20.1 Å². The first-order valence-electron chi connectivity index (χ1n) is 7.07. The van der Waals surface area contributed by atoms with Gasteiger partial charge in [0.25, 0.3) is 0 Å². The molecule has 2 bridgehead atoms. The van der Waals surface area contributed by atoms with Crippen molar-refractivity contribution in [2.45, 2.75) is 70.5 Å². The molecule has 0 aromatic heterocycles. The lowest BCUT2D eigenvalue weighted by Gasteiger charge is -2.45. The topological polar surface area (TPSA) is 6.48 Å². The van der Waals surface area contributed by atoms with Gasteiger partial charge in [0.15, 0.2) is 0 Å². The zero-order chi connectivity index (χ0) is 11.8. The highest BCUT2D eigenvalue weighted by Crippen LogP contribution is 2.38. The molecule has 0 spiro atoms. The lowest BCUT2D eigenvalue weighted by molar-refractivity contribution is 0.0321. The quantitative estimate of drug-likeness (QED) is 0.708. The van der Waals surface area contributed by atoms with Crippen LogP contribution in [0.3, 0.4) is 0 Å². The van der Waals surface area contributed by atoms with Crippen molar-refractivity contribution in [3.63, 3.8) is 0 Å². The molecular weight excluding hydrogens is 196 g/mol. The van der Waals surface area contributed by atoms with E-state index in [-0.39, 0.29) is 0 Å². The molecule has 0 aromatic carbocycles. The van der Waals surface area contributed by atoms with E-state index < -0.39 is 0 Å². The van der Waals surface area contributed by atoms with Gasteiger partial charge in [-0.15, -0.1) is 0 Å². The molecule has 2 saturated heterocycles. The first kappa shape index (κ1) is 12.4. The molecule has 2 aliphatic rings. The van der Waals surface area contributed by atoms with Crippen LogP contribution >= 0.6 is 0 Å². The van der Waals surface area contributed by atoms with Crippen molar-refractivity contribution in [1.82, 2.24) is 9.80 Å². The second-order valence-corrected chi connectivity index (χ2v) is 6.13. The van der Waals surface area contributed by atoms with Crippen LogP contribution in [0.5, 0.6) is 0 Å². The third-order valence-electron chi connectivity index (χ3n) is 4.79. The van der Waals surface area contributed by atoms with Gasteiger partial charge in [-0.1, -0.05) is 26.7 Å². The minimum Gasteiger partial charge on any atom is -0.301 e. The first-order valence-corrected chi connectivity index (χ1v) is 7.07. The molecule has 0 aliphatic carbocycles. The summed E-state index contributed by atoms with van der Waals surface area (Å²) in [5.41, 5.74) is 0.476. The summed E-state index contributed by atoms with van der Waals surface area (Å²) in [4.78, 5) is 5.39. The monoisotopic (exact) mass is 224 g/mol. The summed E-state index contributed by atoms with van der Waals surface area (Å²) < 4.78 is 0. The first-order chi connectivity index (χ1) is 7.60. The molecule has 16 heavy (non-hydrogen) atoms. The van der Waals surface area contributed by atoms with E-state index in [0.29, 0.717) is 5.54 Å². The standard InChI is InChI=1S/C14H28N2/c1-5-7-14(3,8-6-2)16-11-12-9-13(16)10-15(12)4/h12-13H,5-11H2,1-4H3/t12-,13-/m0/s1. The highest BCUT2D eigenvalue weighted by molar-refractivity contribution is 5.04. The van der Waals surface area contributed by atoms with Gasteiger partial charge in [-0.05, 0) is 33.2 Å². The predicted molar refractivity (Wildman–Crippen MR) is 69.8 cm³/mol. The van der Waals surface area contributed by atoms with E-state index in [4.69, 9.17) is 0 Å². The number of fused-ring (bicyclic) bond motifs is 2. The summed E-state index contributed by atoms with van der Waals surface area (Å²) in [6.45, 7) is 9.77. The van der Waals surface area contributed by atoms with E-state index in [1.807, 2.05) is 0 Å². The summed E-state index contributed by atoms with van der Waals surface area (Å²) in [5, 5.41) is 0.